The van der Waals surface area contributed by atoms with Gasteiger partial charge in [0, 0.05) is 28.3 Å². The van der Waals surface area contributed by atoms with E-state index in [2.05, 4.69) is 0 Å². The average molecular weight is 342 g/mol. The first kappa shape index (κ1) is 17.0. The first-order chi connectivity index (χ1) is 11.3. The molecule has 2 aliphatic rings. The Morgan fingerprint density at radius 2 is 1.92 bits per heavy atom. The number of aromatic nitrogens is 2. The molecule has 0 bridgehead atoms. The van der Waals surface area contributed by atoms with Crippen molar-refractivity contribution in [3.8, 4) is 0 Å². The Balaban J connectivity index is 2.12. The van der Waals surface area contributed by atoms with Gasteiger partial charge in [0.25, 0.3) is 5.56 Å². The van der Waals surface area contributed by atoms with Gasteiger partial charge in [-0.25, -0.2) is 4.79 Å². The summed E-state index contributed by atoms with van der Waals surface area (Å²) in [7, 11) is 6.18. The predicted molar refractivity (Wildman–Crippen MR) is 85.2 cm³/mol. The van der Waals surface area contributed by atoms with Crippen LogP contribution in [0.4, 0.5) is 11.5 Å². The van der Waals surface area contributed by atoms with Crippen LogP contribution in [0, 0.1) is 0 Å². The van der Waals surface area contributed by atoms with Crippen molar-refractivity contribution in [3.63, 3.8) is 0 Å². The van der Waals surface area contributed by atoms with Crippen LogP contribution >= 0.6 is 0 Å². The van der Waals surface area contributed by atoms with Crippen LogP contribution in [0.5, 0.6) is 0 Å². The van der Waals surface area contributed by atoms with Crippen molar-refractivity contribution in [2.75, 3.05) is 37.2 Å². The van der Waals surface area contributed by atoms with E-state index in [1.54, 1.807) is 23.9 Å². The average Bonchev–Trinajstić information content (AvgIpc) is 3.07. The molecule has 1 aromatic rings. The maximum Gasteiger partial charge on any atom is 0.332 e. The summed E-state index contributed by atoms with van der Waals surface area (Å²) in [6.07, 6.45) is -3.26. The van der Waals surface area contributed by atoms with E-state index in [0.717, 1.165) is 4.57 Å². The minimum absolute atomic E-state index is 0.289. The molecule has 3 rings (SSSR count). The Hall–Kier alpha value is -1.88. The summed E-state index contributed by atoms with van der Waals surface area (Å²) in [5.41, 5.74) is -0.477. The van der Waals surface area contributed by atoms with Crippen molar-refractivity contribution in [1.29, 1.82) is 0 Å². The Kier molecular flexibility index (Phi) is 4.16. The van der Waals surface area contributed by atoms with Gasteiger partial charge in [-0.05, 0) is 0 Å². The first-order valence-electron chi connectivity index (χ1n) is 7.58. The second-order valence-corrected chi connectivity index (χ2v) is 6.13. The fourth-order valence-electron chi connectivity index (χ4n) is 3.42. The topological polar surface area (TPSA) is 109 Å². The van der Waals surface area contributed by atoms with E-state index < -0.39 is 35.8 Å². The molecular weight excluding hydrogens is 320 g/mol. The number of hydrogen-bond acceptors (Lipinski definition) is 8. The van der Waals surface area contributed by atoms with Gasteiger partial charge in [0.15, 0.2) is 6.23 Å². The molecule has 1 aromatic heterocycles. The van der Waals surface area contributed by atoms with Crippen LogP contribution in [0.3, 0.4) is 0 Å². The van der Waals surface area contributed by atoms with Gasteiger partial charge in [-0.15, -0.1) is 0 Å². The zero-order valence-electron chi connectivity index (χ0n) is 14.0. The number of aliphatic hydroxyl groups excluding tert-OH is 2. The van der Waals surface area contributed by atoms with E-state index >= 15 is 0 Å². The lowest BCUT2D eigenvalue weighted by Crippen LogP contribution is -2.47. The monoisotopic (exact) mass is 342 g/mol. The molecule has 2 N–H and O–H groups in total. The third-order valence-electron chi connectivity index (χ3n) is 4.70. The number of methoxy groups -OCH3 is 1. The summed E-state index contributed by atoms with van der Waals surface area (Å²) in [5.74, 6) is 0.406. The molecule has 0 spiro atoms. The fourth-order valence-corrected chi connectivity index (χ4v) is 3.42. The third-order valence-corrected chi connectivity index (χ3v) is 4.70. The molecular formula is C14H22N4O6. The van der Waals surface area contributed by atoms with E-state index in [-0.39, 0.29) is 13.3 Å². The molecule has 24 heavy (non-hydrogen) atoms. The van der Waals surface area contributed by atoms with Crippen LogP contribution in [0.25, 0.3) is 0 Å². The zero-order valence-corrected chi connectivity index (χ0v) is 14.0. The van der Waals surface area contributed by atoms with Crippen molar-refractivity contribution in [2.45, 2.75) is 24.5 Å². The highest BCUT2D eigenvalue weighted by atomic mass is 16.6. The van der Waals surface area contributed by atoms with Crippen LogP contribution in [0.1, 0.15) is 0 Å². The molecule has 2 aliphatic heterocycles. The molecule has 1 fully saturated rings. The molecule has 10 nitrogen and oxygen atoms in total. The molecule has 0 aliphatic carbocycles. The Labute approximate surface area is 138 Å². The molecule has 1 saturated heterocycles. The van der Waals surface area contributed by atoms with Crippen molar-refractivity contribution < 1.29 is 19.7 Å². The van der Waals surface area contributed by atoms with Crippen molar-refractivity contribution >= 4 is 11.5 Å². The van der Waals surface area contributed by atoms with E-state index in [1.165, 1.54) is 18.7 Å². The lowest BCUT2D eigenvalue weighted by molar-refractivity contribution is -0.0227. The SMILES string of the molecule is CO[C@@H]1[C@H](O)[C@@H](CO)O[C@H]1N1CN(C)c2c1n(C)c(=O)n(C)c2=O. The lowest BCUT2D eigenvalue weighted by Gasteiger charge is -2.30. The number of fused-ring (bicyclic) bond motifs is 1. The summed E-state index contributed by atoms with van der Waals surface area (Å²) in [6.45, 7) is -0.0686. The normalized spacial score (nSPS) is 29.4. The smallest absolute Gasteiger partial charge is 0.332 e. The Morgan fingerprint density at radius 1 is 1.25 bits per heavy atom. The Morgan fingerprint density at radius 3 is 2.50 bits per heavy atom. The van der Waals surface area contributed by atoms with Gasteiger partial charge in [0.2, 0.25) is 0 Å². The minimum atomic E-state index is -1.01. The summed E-state index contributed by atoms with van der Waals surface area (Å²) >= 11 is 0. The molecule has 134 valence electrons. The first-order valence-corrected chi connectivity index (χ1v) is 7.58. The minimum Gasteiger partial charge on any atom is -0.394 e. The highest BCUT2D eigenvalue weighted by Gasteiger charge is 2.49. The summed E-state index contributed by atoms with van der Waals surface area (Å²) in [6, 6.07) is 0. The predicted octanol–water partition coefficient (Wildman–Crippen LogP) is -2.61. The number of nitrogens with zero attached hydrogens (tertiary/aromatic N) is 4. The zero-order chi connectivity index (χ0) is 17.8. The maximum atomic E-state index is 12.5. The lowest BCUT2D eigenvalue weighted by atomic mass is 10.1. The van der Waals surface area contributed by atoms with Gasteiger partial charge >= 0.3 is 5.69 Å². The summed E-state index contributed by atoms with van der Waals surface area (Å²) in [5, 5.41) is 19.6. The molecule has 0 saturated carbocycles. The number of ether oxygens (including phenoxy) is 2. The molecule has 0 radical (unpaired) electrons. The molecule has 0 amide bonds. The molecule has 10 heteroatoms. The van der Waals surface area contributed by atoms with Gasteiger partial charge in [0.05, 0.1) is 13.3 Å². The van der Waals surface area contributed by atoms with Crippen LogP contribution in [-0.2, 0) is 23.6 Å². The van der Waals surface area contributed by atoms with Gasteiger partial charge in [-0.3, -0.25) is 13.9 Å². The Bertz CT molecular complexity index is 759. The standard InChI is InChI=1S/C14H22N4O6/c1-15-6-18(13-10(23-4)9(20)7(5-19)24-13)11-8(15)12(21)17(3)14(22)16(11)2/h7,9-10,13,19-20H,5-6H2,1-4H3/t7-,9-,10-,13-/m1/s1. The number of aliphatic hydroxyl groups is 2. The van der Waals surface area contributed by atoms with Crippen LogP contribution in [0.15, 0.2) is 9.59 Å². The van der Waals surface area contributed by atoms with E-state index in [9.17, 15) is 19.8 Å². The number of anilines is 2. The summed E-state index contributed by atoms with van der Waals surface area (Å²) < 4.78 is 13.5. The maximum absolute atomic E-state index is 12.5. The van der Waals surface area contributed by atoms with E-state index in [4.69, 9.17) is 9.47 Å². The highest BCUT2D eigenvalue weighted by Crippen LogP contribution is 2.36. The van der Waals surface area contributed by atoms with Gasteiger partial charge in [0.1, 0.15) is 29.8 Å². The van der Waals surface area contributed by atoms with Crippen molar-refractivity contribution in [3.05, 3.63) is 20.8 Å². The second-order valence-electron chi connectivity index (χ2n) is 6.13. The van der Waals surface area contributed by atoms with E-state index in [0.29, 0.717) is 11.5 Å². The summed E-state index contributed by atoms with van der Waals surface area (Å²) in [4.78, 5) is 28.1. The molecule has 3 heterocycles. The quantitative estimate of drug-likeness (QED) is 0.615. The highest BCUT2D eigenvalue weighted by molar-refractivity contribution is 5.72. The van der Waals surface area contributed by atoms with Gasteiger partial charge in [-0.1, -0.05) is 0 Å². The van der Waals surface area contributed by atoms with Gasteiger partial charge in [-0.2, -0.15) is 0 Å². The van der Waals surface area contributed by atoms with Gasteiger partial charge < -0.3 is 29.5 Å². The largest absolute Gasteiger partial charge is 0.394 e. The number of rotatable bonds is 3. The van der Waals surface area contributed by atoms with Crippen molar-refractivity contribution in [2.24, 2.45) is 14.1 Å². The fraction of sp³-hybridized carbons (Fsp3) is 0.714. The van der Waals surface area contributed by atoms with Crippen LogP contribution < -0.4 is 21.0 Å². The third kappa shape index (κ3) is 2.18. The molecule has 0 unspecified atom stereocenters. The second kappa shape index (κ2) is 5.88. The van der Waals surface area contributed by atoms with Crippen LogP contribution in [0.2, 0.25) is 0 Å². The molecule has 4 atom stereocenters. The number of hydrogen-bond donors (Lipinski definition) is 2. The molecule has 0 aromatic carbocycles. The van der Waals surface area contributed by atoms with E-state index in [1.807, 2.05) is 0 Å². The van der Waals surface area contributed by atoms with Crippen molar-refractivity contribution in [1.82, 2.24) is 9.13 Å². The van der Waals surface area contributed by atoms with Crippen LogP contribution in [-0.4, -0.2) is 71.3 Å².